The average molecular weight is 592 g/mol. The number of rotatable bonds is 6. The van der Waals surface area contributed by atoms with Crippen molar-refractivity contribution in [1.82, 2.24) is 10.6 Å². The number of carbonyl (C=O) groups is 2. The Bertz CT molecular complexity index is 913. The molecule has 11 heteroatoms. The average Bonchev–Trinajstić information content (AvgIpc) is 2.89. The van der Waals surface area contributed by atoms with Crippen LogP contribution in [0, 0.1) is 0 Å². The summed E-state index contributed by atoms with van der Waals surface area (Å²) in [5.41, 5.74) is 7.35. The van der Waals surface area contributed by atoms with E-state index in [1.165, 1.54) is 11.8 Å². The summed E-state index contributed by atoms with van der Waals surface area (Å²) in [7, 11) is 3.43. The summed E-state index contributed by atoms with van der Waals surface area (Å²) in [6, 6.07) is 10.6. The van der Waals surface area contributed by atoms with Gasteiger partial charge in [0, 0.05) is 35.9 Å². The Balaban J connectivity index is 0.000000220. The Kier molecular flexibility index (Phi) is 10.7. The fraction of sp³-hybridized carbons (Fsp3) is 0.300. The lowest BCUT2D eigenvalue weighted by molar-refractivity contribution is -0.138. The molecule has 0 bridgehead atoms. The molecule has 0 aliphatic carbocycles. The number of carbonyl (C=O) groups excluding carboxylic acids is 1. The number of nitrogens with two attached hydrogens (primary N) is 1. The van der Waals surface area contributed by atoms with E-state index in [1.54, 1.807) is 31.9 Å². The van der Waals surface area contributed by atoms with Crippen molar-refractivity contribution in [3.05, 3.63) is 45.3 Å². The Hall–Kier alpha value is -1.24. The zero-order valence-corrected chi connectivity index (χ0v) is 21.8. The topological polar surface area (TPSA) is 116 Å². The van der Waals surface area contributed by atoms with Gasteiger partial charge in [-0.1, -0.05) is 12.1 Å². The van der Waals surface area contributed by atoms with E-state index in [0.717, 1.165) is 30.2 Å². The number of aliphatic carboxylic acids is 1. The lowest BCUT2D eigenvalue weighted by Crippen LogP contribution is -2.39. The summed E-state index contributed by atoms with van der Waals surface area (Å²) in [5.74, 6) is 0.346. The summed E-state index contributed by atoms with van der Waals surface area (Å²) in [6.45, 7) is 0. The highest BCUT2D eigenvalue weighted by molar-refractivity contribution is 9.10. The predicted octanol–water partition coefficient (Wildman–Crippen LogP) is 3.88. The van der Waals surface area contributed by atoms with Gasteiger partial charge in [0.05, 0.1) is 11.7 Å². The number of halogens is 2. The third-order valence-electron chi connectivity index (χ3n) is 4.32. The van der Waals surface area contributed by atoms with Crippen LogP contribution in [0.1, 0.15) is 0 Å². The number of amides is 1. The quantitative estimate of drug-likeness (QED) is 0.254. The number of fused-ring (bicyclic) bond motifs is 1. The molecule has 2 atom stereocenters. The van der Waals surface area contributed by atoms with E-state index in [2.05, 4.69) is 47.8 Å². The van der Waals surface area contributed by atoms with Crippen molar-refractivity contribution < 1.29 is 14.7 Å². The zero-order valence-electron chi connectivity index (χ0n) is 16.9. The van der Waals surface area contributed by atoms with Gasteiger partial charge in [-0.05, 0) is 70.2 Å². The molecular weight excluding hydrogens is 568 g/mol. The molecule has 0 saturated heterocycles. The van der Waals surface area contributed by atoms with Crippen molar-refractivity contribution in [3.8, 4) is 0 Å². The summed E-state index contributed by atoms with van der Waals surface area (Å²) in [5, 5.41) is 17.5. The highest BCUT2D eigenvalue weighted by atomic mass is 79.9. The second kappa shape index (κ2) is 12.7. The van der Waals surface area contributed by atoms with E-state index >= 15 is 0 Å². The standard InChI is InChI=1S/C10H13BrN2O2S.C10H11BrN2OS/c1-13-8(10(14)15)5-16-9-6(11)3-2-4-7(9)12;1-12-8-5-15-9-6(11)3-2-4-7(9)13-10(8)14/h2-4,8,13H,5,12H2,1H3,(H,14,15);2-4,8,12H,5H2,1H3,(H,13,14)/t2*8-/m00/s1. The first kappa shape index (κ1) is 26.0. The molecule has 168 valence electrons. The fourth-order valence-electron chi connectivity index (χ4n) is 2.55. The van der Waals surface area contributed by atoms with Gasteiger partial charge < -0.3 is 26.8 Å². The van der Waals surface area contributed by atoms with Crippen LogP contribution in [-0.4, -0.2) is 54.7 Å². The molecule has 1 heterocycles. The highest BCUT2D eigenvalue weighted by Gasteiger charge is 2.23. The van der Waals surface area contributed by atoms with E-state index in [4.69, 9.17) is 10.8 Å². The molecule has 1 amide bonds. The number of benzene rings is 2. The number of nitrogen functional groups attached to an aromatic ring is 1. The van der Waals surface area contributed by atoms with Gasteiger partial charge in [-0.2, -0.15) is 0 Å². The zero-order chi connectivity index (χ0) is 23.0. The number of thioether (sulfide) groups is 2. The van der Waals surface area contributed by atoms with Crippen LogP contribution in [-0.2, 0) is 9.59 Å². The maximum absolute atomic E-state index is 11.7. The normalized spacial score (nSPS) is 16.3. The van der Waals surface area contributed by atoms with Crippen molar-refractivity contribution >= 4 is 78.6 Å². The van der Waals surface area contributed by atoms with Gasteiger partial charge in [-0.15, -0.1) is 23.5 Å². The van der Waals surface area contributed by atoms with Crippen molar-refractivity contribution in [3.63, 3.8) is 0 Å². The summed E-state index contributed by atoms with van der Waals surface area (Å²) in [4.78, 5) is 24.5. The Morgan fingerprint density at radius 3 is 2.58 bits per heavy atom. The predicted molar refractivity (Wildman–Crippen MR) is 136 cm³/mol. The van der Waals surface area contributed by atoms with E-state index in [1.807, 2.05) is 30.3 Å². The highest BCUT2D eigenvalue weighted by Crippen LogP contribution is 2.36. The van der Waals surface area contributed by atoms with Gasteiger partial charge in [0.2, 0.25) is 5.91 Å². The monoisotopic (exact) mass is 590 g/mol. The molecule has 1 aliphatic heterocycles. The number of carboxylic acids is 1. The Morgan fingerprint density at radius 1 is 1.29 bits per heavy atom. The number of anilines is 2. The van der Waals surface area contributed by atoms with Crippen LogP contribution in [0.15, 0.2) is 55.1 Å². The molecule has 7 nitrogen and oxygen atoms in total. The summed E-state index contributed by atoms with van der Waals surface area (Å²) >= 11 is 9.97. The van der Waals surface area contributed by atoms with Crippen molar-refractivity contribution in [1.29, 1.82) is 0 Å². The molecule has 2 aromatic carbocycles. The number of nitrogens with one attached hydrogen (secondary N) is 3. The lowest BCUT2D eigenvalue weighted by atomic mass is 10.3. The molecule has 0 radical (unpaired) electrons. The number of hydrogen-bond donors (Lipinski definition) is 5. The van der Waals surface area contributed by atoms with Crippen LogP contribution in [0.2, 0.25) is 0 Å². The first-order valence-electron chi connectivity index (χ1n) is 9.24. The molecule has 31 heavy (non-hydrogen) atoms. The van der Waals surface area contributed by atoms with E-state index in [0.29, 0.717) is 11.4 Å². The third kappa shape index (κ3) is 7.40. The molecule has 3 rings (SSSR count). The third-order valence-corrected chi connectivity index (χ3v) is 8.64. The van der Waals surface area contributed by atoms with Gasteiger partial charge in [0.15, 0.2) is 0 Å². The maximum atomic E-state index is 11.7. The second-order valence-electron chi connectivity index (χ2n) is 6.41. The first-order chi connectivity index (χ1) is 14.8. The molecule has 0 saturated carbocycles. The van der Waals surface area contributed by atoms with E-state index < -0.39 is 12.0 Å². The largest absolute Gasteiger partial charge is 0.480 e. The number of hydrogen-bond acceptors (Lipinski definition) is 7. The van der Waals surface area contributed by atoms with Crippen LogP contribution in [0.4, 0.5) is 11.4 Å². The number of carboxylic acid groups (broad SMARTS) is 1. The minimum atomic E-state index is -0.861. The molecular formula is C20H24Br2N4O3S2. The first-order valence-corrected chi connectivity index (χ1v) is 12.8. The maximum Gasteiger partial charge on any atom is 0.321 e. The van der Waals surface area contributed by atoms with Crippen LogP contribution in [0.25, 0.3) is 0 Å². The molecule has 0 spiro atoms. The molecule has 0 fully saturated rings. The minimum absolute atomic E-state index is 0.0295. The van der Waals surface area contributed by atoms with Gasteiger partial charge in [0.25, 0.3) is 0 Å². The molecule has 0 unspecified atom stereocenters. The fourth-order valence-corrected chi connectivity index (χ4v) is 6.20. The van der Waals surface area contributed by atoms with E-state index in [-0.39, 0.29) is 11.9 Å². The van der Waals surface area contributed by atoms with Gasteiger partial charge in [-0.25, -0.2) is 0 Å². The van der Waals surface area contributed by atoms with Crippen molar-refractivity contribution in [2.75, 3.05) is 36.7 Å². The lowest BCUT2D eigenvalue weighted by Gasteiger charge is -2.12. The van der Waals surface area contributed by atoms with Gasteiger partial charge in [-0.3, -0.25) is 9.59 Å². The molecule has 6 N–H and O–H groups in total. The van der Waals surface area contributed by atoms with E-state index in [9.17, 15) is 9.59 Å². The minimum Gasteiger partial charge on any atom is -0.480 e. The smallest absolute Gasteiger partial charge is 0.321 e. The molecule has 0 aromatic heterocycles. The van der Waals surface area contributed by atoms with Crippen LogP contribution in [0.5, 0.6) is 0 Å². The summed E-state index contributed by atoms with van der Waals surface area (Å²) < 4.78 is 1.92. The van der Waals surface area contributed by atoms with Crippen LogP contribution >= 0.6 is 55.4 Å². The second-order valence-corrected chi connectivity index (χ2v) is 10.2. The van der Waals surface area contributed by atoms with Crippen molar-refractivity contribution in [2.24, 2.45) is 0 Å². The van der Waals surface area contributed by atoms with Gasteiger partial charge >= 0.3 is 5.97 Å². The molecule has 2 aromatic rings. The number of likely N-dealkylation sites (N-methyl/N-ethyl adjacent to an activating group) is 2. The summed E-state index contributed by atoms with van der Waals surface area (Å²) in [6.07, 6.45) is 0. The van der Waals surface area contributed by atoms with Gasteiger partial charge in [0.1, 0.15) is 6.04 Å². The molecule has 1 aliphatic rings. The Morgan fingerprint density at radius 2 is 1.97 bits per heavy atom. The van der Waals surface area contributed by atoms with Crippen LogP contribution in [0.3, 0.4) is 0 Å². The Labute approximate surface area is 206 Å². The van der Waals surface area contributed by atoms with Crippen molar-refractivity contribution in [2.45, 2.75) is 21.9 Å². The SMILES string of the molecule is CN[C@@H](CSc1c(N)cccc1Br)C(=O)O.CN[C@H]1CSc2c(Br)cccc2NC1=O. The van der Waals surface area contributed by atoms with Crippen LogP contribution < -0.4 is 21.7 Å².